The molecule has 0 bridgehead atoms. The fraction of sp³-hybridized carbons (Fsp3) is 0.133. The summed E-state index contributed by atoms with van der Waals surface area (Å²) in [6.45, 7) is 0.292. The molecule has 0 saturated carbocycles. The van der Waals surface area contributed by atoms with Crippen LogP contribution >= 0.6 is 0 Å². The van der Waals surface area contributed by atoms with Gasteiger partial charge in [-0.2, -0.15) is 0 Å². The predicted octanol–water partition coefficient (Wildman–Crippen LogP) is 2.02. The standard InChI is InChI=1S/C15H12FN3O4S/c16-11-3-1-10(2-4-11)7-8-17-15-13-6-5-12(19(20)21)9-14(13)24(22,23)18-15/h1-6,9H,7-8H2,(H,17,18). The van der Waals surface area contributed by atoms with Crippen molar-refractivity contribution in [2.45, 2.75) is 11.3 Å². The molecule has 3 rings (SSSR count). The van der Waals surface area contributed by atoms with Gasteiger partial charge in [-0.05, 0) is 30.2 Å². The van der Waals surface area contributed by atoms with E-state index in [1.807, 2.05) is 0 Å². The first-order valence-electron chi connectivity index (χ1n) is 6.97. The Kier molecular flexibility index (Phi) is 4.02. The highest BCUT2D eigenvalue weighted by Crippen LogP contribution is 2.27. The Hall–Kier alpha value is -2.81. The molecule has 24 heavy (non-hydrogen) atoms. The van der Waals surface area contributed by atoms with E-state index in [9.17, 15) is 22.9 Å². The van der Waals surface area contributed by atoms with Gasteiger partial charge >= 0.3 is 0 Å². The van der Waals surface area contributed by atoms with E-state index in [1.54, 1.807) is 12.1 Å². The van der Waals surface area contributed by atoms with Crippen LogP contribution in [0.3, 0.4) is 0 Å². The van der Waals surface area contributed by atoms with Gasteiger partial charge in [0.15, 0.2) is 0 Å². The van der Waals surface area contributed by atoms with Gasteiger partial charge < -0.3 is 0 Å². The predicted molar refractivity (Wildman–Crippen MR) is 84.9 cm³/mol. The lowest BCUT2D eigenvalue weighted by Gasteiger charge is -2.00. The molecule has 1 aliphatic rings. The number of nitrogens with one attached hydrogen (secondary N) is 1. The van der Waals surface area contributed by atoms with E-state index in [1.165, 1.54) is 24.3 Å². The molecule has 0 atom stereocenters. The third-order valence-electron chi connectivity index (χ3n) is 3.54. The molecule has 0 aliphatic carbocycles. The number of nitro groups is 1. The minimum atomic E-state index is -3.85. The van der Waals surface area contributed by atoms with Crippen molar-refractivity contribution in [3.63, 3.8) is 0 Å². The number of nitrogens with zero attached hydrogens (tertiary/aromatic N) is 2. The third-order valence-corrected chi connectivity index (χ3v) is 4.91. The zero-order valence-electron chi connectivity index (χ0n) is 12.3. The number of sulfonamides is 1. The first kappa shape index (κ1) is 16.1. The molecular formula is C15H12FN3O4S. The summed E-state index contributed by atoms with van der Waals surface area (Å²) < 4.78 is 39.2. The van der Waals surface area contributed by atoms with E-state index < -0.39 is 14.9 Å². The molecule has 1 aliphatic heterocycles. The van der Waals surface area contributed by atoms with E-state index >= 15 is 0 Å². The second kappa shape index (κ2) is 6.00. The maximum atomic E-state index is 12.8. The Bertz CT molecular complexity index is 940. The van der Waals surface area contributed by atoms with Crippen molar-refractivity contribution in [1.29, 1.82) is 0 Å². The maximum Gasteiger partial charge on any atom is 0.270 e. The molecule has 0 unspecified atom stereocenters. The van der Waals surface area contributed by atoms with Crippen molar-refractivity contribution < 1.29 is 17.7 Å². The maximum absolute atomic E-state index is 12.8. The van der Waals surface area contributed by atoms with Crippen LogP contribution in [0.5, 0.6) is 0 Å². The van der Waals surface area contributed by atoms with Crippen molar-refractivity contribution in [3.05, 3.63) is 69.5 Å². The fourth-order valence-corrected chi connectivity index (χ4v) is 3.61. The Morgan fingerprint density at radius 2 is 1.88 bits per heavy atom. The van der Waals surface area contributed by atoms with Crippen molar-refractivity contribution in [1.82, 2.24) is 4.72 Å². The number of halogens is 1. The Labute approximate surface area is 137 Å². The molecule has 7 nitrogen and oxygen atoms in total. The summed E-state index contributed by atoms with van der Waals surface area (Å²) in [6, 6.07) is 9.56. The quantitative estimate of drug-likeness (QED) is 0.674. The topological polar surface area (TPSA) is 102 Å². The lowest BCUT2D eigenvalue weighted by molar-refractivity contribution is -0.385. The van der Waals surface area contributed by atoms with Gasteiger partial charge in [-0.25, -0.2) is 12.8 Å². The Balaban J connectivity index is 1.83. The van der Waals surface area contributed by atoms with E-state index in [2.05, 4.69) is 9.71 Å². The SMILES string of the molecule is O=[N+]([O-])c1ccc2c(c1)S(=O)(=O)NC2=NCCc1ccc(F)cc1. The largest absolute Gasteiger partial charge is 0.270 e. The molecule has 9 heteroatoms. The zero-order chi connectivity index (χ0) is 17.3. The number of hydrogen-bond acceptors (Lipinski definition) is 5. The average Bonchev–Trinajstić information content (AvgIpc) is 2.80. The molecule has 0 fully saturated rings. The lowest BCUT2D eigenvalue weighted by Crippen LogP contribution is -2.22. The molecule has 0 amide bonds. The molecule has 0 radical (unpaired) electrons. The minimum absolute atomic E-state index is 0.155. The van der Waals surface area contributed by atoms with Crippen molar-refractivity contribution >= 4 is 21.5 Å². The summed E-state index contributed by atoms with van der Waals surface area (Å²) in [5.74, 6) is -0.175. The molecular weight excluding hydrogens is 337 g/mol. The molecule has 0 aromatic heterocycles. The van der Waals surface area contributed by atoms with Crippen LogP contribution in [0.15, 0.2) is 52.4 Å². The van der Waals surface area contributed by atoms with Crippen LogP contribution in [0.4, 0.5) is 10.1 Å². The Morgan fingerprint density at radius 3 is 2.54 bits per heavy atom. The monoisotopic (exact) mass is 349 g/mol. The number of non-ortho nitro benzene ring substituents is 1. The summed E-state index contributed by atoms with van der Waals surface area (Å²) in [5.41, 5.74) is 0.872. The molecule has 1 heterocycles. The van der Waals surface area contributed by atoms with Gasteiger partial charge in [0, 0.05) is 24.2 Å². The average molecular weight is 349 g/mol. The van der Waals surface area contributed by atoms with Gasteiger partial charge in [0.2, 0.25) is 0 Å². The van der Waals surface area contributed by atoms with E-state index in [4.69, 9.17) is 0 Å². The number of amidine groups is 1. The number of fused-ring (bicyclic) bond motifs is 1. The first-order valence-corrected chi connectivity index (χ1v) is 8.46. The number of nitro benzene ring substituents is 1. The van der Waals surface area contributed by atoms with E-state index in [0.717, 1.165) is 11.6 Å². The van der Waals surface area contributed by atoms with Crippen molar-refractivity contribution in [3.8, 4) is 0 Å². The van der Waals surface area contributed by atoms with Crippen LogP contribution in [0.2, 0.25) is 0 Å². The number of rotatable bonds is 4. The minimum Gasteiger partial charge on any atom is -0.267 e. The molecule has 2 aromatic carbocycles. The van der Waals surface area contributed by atoms with Gasteiger partial charge in [0.25, 0.3) is 15.7 Å². The van der Waals surface area contributed by atoms with Gasteiger partial charge in [-0.1, -0.05) is 12.1 Å². The Morgan fingerprint density at radius 1 is 1.17 bits per heavy atom. The molecule has 0 spiro atoms. The van der Waals surface area contributed by atoms with Crippen molar-refractivity contribution in [2.75, 3.05) is 6.54 Å². The lowest BCUT2D eigenvalue weighted by atomic mass is 10.1. The van der Waals surface area contributed by atoms with Crippen LogP contribution in [-0.2, 0) is 16.4 Å². The van der Waals surface area contributed by atoms with Crippen LogP contribution in [0.25, 0.3) is 0 Å². The van der Waals surface area contributed by atoms with Crippen LogP contribution in [0, 0.1) is 15.9 Å². The highest BCUT2D eigenvalue weighted by Gasteiger charge is 2.32. The summed E-state index contributed by atoms with van der Waals surface area (Å²) in [5, 5.41) is 10.8. The smallest absolute Gasteiger partial charge is 0.267 e. The van der Waals surface area contributed by atoms with E-state index in [0.29, 0.717) is 18.5 Å². The van der Waals surface area contributed by atoms with Crippen molar-refractivity contribution in [2.24, 2.45) is 4.99 Å². The normalized spacial score (nSPS) is 16.6. The molecule has 124 valence electrons. The van der Waals surface area contributed by atoms with Gasteiger partial charge in [0.05, 0.1) is 4.92 Å². The third kappa shape index (κ3) is 3.11. The molecule has 0 saturated heterocycles. The summed E-state index contributed by atoms with van der Waals surface area (Å²) >= 11 is 0. The molecule has 1 N–H and O–H groups in total. The number of benzene rings is 2. The van der Waals surface area contributed by atoms with Gasteiger partial charge in [-0.15, -0.1) is 0 Å². The van der Waals surface area contributed by atoms with E-state index in [-0.39, 0.29) is 22.2 Å². The second-order valence-electron chi connectivity index (χ2n) is 5.15. The fourth-order valence-electron chi connectivity index (χ4n) is 2.35. The van der Waals surface area contributed by atoms with Crippen LogP contribution < -0.4 is 4.72 Å². The van der Waals surface area contributed by atoms with Gasteiger partial charge in [-0.3, -0.25) is 19.8 Å². The van der Waals surface area contributed by atoms with Crippen LogP contribution in [-0.4, -0.2) is 25.7 Å². The van der Waals surface area contributed by atoms with Gasteiger partial charge in [0.1, 0.15) is 16.5 Å². The second-order valence-corrected chi connectivity index (χ2v) is 6.80. The number of hydrogen-bond donors (Lipinski definition) is 1. The zero-order valence-corrected chi connectivity index (χ0v) is 13.1. The summed E-state index contributed by atoms with van der Waals surface area (Å²) in [4.78, 5) is 14.2. The summed E-state index contributed by atoms with van der Waals surface area (Å²) in [6.07, 6.45) is 0.508. The number of aliphatic imine (C=N–C) groups is 1. The highest BCUT2D eigenvalue weighted by atomic mass is 32.2. The molecule has 2 aromatic rings. The van der Waals surface area contributed by atoms with Crippen LogP contribution in [0.1, 0.15) is 11.1 Å². The first-order chi connectivity index (χ1) is 11.4. The highest BCUT2D eigenvalue weighted by molar-refractivity contribution is 7.90. The summed E-state index contributed by atoms with van der Waals surface area (Å²) in [7, 11) is -3.85.